The number of hydrogen-bond donors (Lipinski definition) is 1. The Bertz CT molecular complexity index is 1540. The SMILES string of the molecule is Cc1cc(C)c(-c2noc(-c3cc(C(C)(C)C)cc(-c4cccc5ccccc45)c3O)n2)c(C)c1. The van der Waals surface area contributed by atoms with E-state index in [4.69, 9.17) is 9.51 Å². The van der Waals surface area contributed by atoms with E-state index in [1.807, 2.05) is 30.3 Å². The van der Waals surface area contributed by atoms with Gasteiger partial charge in [-0.3, -0.25) is 0 Å². The monoisotopic (exact) mass is 462 g/mol. The van der Waals surface area contributed by atoms with Crippen LogP contribution >= 0.6 is 0 Å². The van der Waals surface area contributed by atoms with E-state index in [0.29, 0.717) is 17.3 Å². The van der Waals surface area contributed by atoms with Crippen molar-refractivity contribution in [3.63, 3.8) is 0 Å². The fourth-order valence-corrected chi connectivity index (χ4v) is 4.86. The molecule has 0 bridgehead atoms. The molecule has 4 heteroatoms. The second-order valence-electron chi connectivity index (χ2n) is 10.4. The molecule has 1 N–H and O–H groups in total. The molecule has 0 fully saturated rings. The normalized spacial score (nSPS) is 11.8. The maximum absolute atomic E-state index is 11.5. The van der Waals surface area contributed by atoms with Crippen molar-refractivity contribution >= 4 is 10.8 Å². The Morgan fingerprint density at radius 1 is 0.771 bits per heavy atom. The molecule has 0 saturated carbocycles. The zero-order valence-electron chi connectivity index (χ0n) is 21.1. The summed E-state index contributed by atoms with van der Waals surface area (Å²) in [7, 11) is 0. The largest absolute Gasteiger partial charge is 0.506 e. The van der Waals surface area contributed by atoms with Crippen LogP contribution in [0.5, 0.6) is 5.75 Å². The summed E-state index contributed by atoms with van der Waals surface area (Å²) in [6.07, 6.45) is 0. The maximum Gasteiger partial charge on any atom is 0.262 e. The zero-order valence-corrected chi connectivity index (χ0v) is 21.1. The average Bonchev–Trinajstić information content (AvgIpc) is 3.27. The van der Waals surface area contributed by atoms with E-state index in [1.165, 1.54) is 5.56 Å². The predicted octanol–water partition coefficient (Wildman–Crippen LogP) is 8.15. The molecule has 0 amide bonds. The second kappa shape index (κ2) is 8.38. The molecule has 176 valence electrons. The number of nitrogens with zero attached hydrogens (tertiary/aromatic N) is 2. The predicted molar refractivity (Wildman–Crippen MR) is 143 cm³/mol. The molecule has 4 aromatic carbocycles. The van der Waals surface area contributed by atoms with Crippen LogP contribution in [0.15, 0.2) is 71.3 Å². The standard InChI is InChI=1S/C31H30N2O2/c1-18-14-19(2)27(20(3)15-18)29-32-30(35-33-29)26-17-22(31(4,5)6)16-25(28(26)34)24-13-9-11-21-10-7-8-12-23(21)24/h7-17,34H,1-6H3. The second-order valence-corrected chi connectivity index (χ2v) is 10.4. The first-order chi connectivity index (χ1) is 16.6. The van der Waals surface area contributed by atoms with Crippen LogP contribution in [0.2, 0.25) is 0 Å². The van der Waals surface area contributed by atoms with Crippen LogP contribution in [0.1, 0.15) is 43.0 Å². The summed E-state index contributed by atoms with van der Waals surface area (Å²) in [5.74, 6) is 0.980. The van der Waals surface area contributed by atoms with Gasteiger partial charge < -0.3 is 9.63 Å². The highest BCUT2D eigenvalue weighted by molar-refractivity contribution is 5.99. The Morgan fingerprint density at radius 2 is 1.43 bits per heavy atom. The van der Waals surface area contributed by atoms with Gasteiger partial charge in [0.15, 0.2) is 0 Å². The number of phenolic OH excluding ortho intramolecular Hbond substituents is 1. The van der Waals surface area contributed by atoms with Gasteiger partial charge >= 0.3 is 0 Å². The number of aromatic hydroxyl groups is 1. The molecule has 4 nitrogen and oxygen atoms in total. The van der Waals surface area contributed by atoms with Gasteiger partial charge in [-0.1, -0.05) is 86.1 Å². The van der Waals surface area contributed by atoms with Crippen molar-refractivity contribution in [2.45, 2.75) is 47.0 Å². The summed E-state index contributed by atoms with van der Waals surface area (Å²) in [6.45, 7) is 12.7. The Morgan fingerprint density at radius 3 is 2.14 bits per heavy atom. The third kappa shape index (κ3) is 4.10. The summed E-state index contributed by atoms with van der Waals surface area (Å²) in [4.78, 5) is 4.75. The molecule has 0 saturated heterocycles. The van der Waals surface area contributed by atoms with Gasteiger partial charge in [-0.05, 0) is 71.3 Å². The van der Waals surface area contributed by atoms with Gasteiger partial charge in [-0.15, -0.1) is 0 Å². The van der Waals surface area contributed by atoms with Gasteiger partial charge in [0.2, 0.25) is 5.82 Å². The van der Waals surface area contributed by atoms with E-state index in [1.54, 1.807) is 0 Å². The highest BCUT2D eigenvalue weighted by Crippen LogP contribution is 2.43. The van der Waals surface area contributed by atoms with Crippen molar-refractivity contribution in [1.82, 2.24) is 10.1 Å². The Balaban J connectivity index is 1.73. The van der Waals surface area contributed by atoms with Gasteiger partial charge in [0, 0.05) is 11.1 Å². The van der Waals surface area contributed by atoms with Gasteiger partial charge in [0.1, 0.15) is 5.75 Å². The van der Waals surface area contributed by atoms with E-state index in [0.717, 1.165) is 44.2 Å². The highest BCUT2D eigenvalue weighted by atomic mass is 16.5. The lowest BCUT2D eigenvalue weighted by molar-refractivity contribution is 0.425. The van der Waals surface area contributed by atoms with Crippen molar-refractivity contribution in [1.29, 1.82) is 0 Å². The highest BCUT2D eigenvalue weighted by Gasteiger charge is 2.24. The van der Waals surface area contributed by atoms with E-state index >= 15 is 0 Å². The molecular formula is C31H30N2O2. The minimum Gasteiger partial charge on any atom is -0.506 e. The van der Waals surface area contributed by atoms with Crippen LogP contribution in [0.25, 0.3) is 44.7 Å². The quantitative estimate of drug-likeness (QED) is 0.294. The molecule has 1 heterocycles. The van der Waals surface area contributed by atoms with E-state index < -0.39 is 0 Å². The van der Waals surface area contributed by atoms with Gasteiger partial charge in [0.05, 0.1) is 5.56 Å². The zero-order chi connectivity index (χ0) is 24.9. The lowest BCUT2D eigenvalue weighted by Crippen LogP contribution is -2.11. The summed E-state index contributed by atoms with van der Waals surface area (Å²) < 4.78 is 5.75. The molecule has 0 aliphatic rings. The molecule has 5 rings (SSSR count). The van der Waals surface area contributed by atoms with Gasteiger partial charge in [-0.2, -0.15) is 4.98 Å². The number of aromatic nitrogens is 2. The Labute approximate surface area is 206 Å². The number of hydrogen-bond acceptors (Lipinski definition) is 4. The summed E-state index contributed by atoms with van der Waals surface area (Å²) >= 11 is 0. The molecule has 0 aliphatic carbocycles. The lowest BCUT2D eigenvalue weighted by atomic mass is 9.83. The number of fused-ring (bicyclic) bond motifs is 1. The first-order valence-corrected chi connectivity index (χ1v) is 11.9. The first kappa shape index (κ1) is 22.9. The number of phenols is 1. The van der Waals surface area contributed by atoms with Crippen molar-refractivity contribution in [3.8, 4) is 39.7 Å². The van der Waals surface area contributed by atoms with Crippen molar-refractivity contribution in [3.05, 3.63) is 89.0 Å². The van der Waals surface area contributed by atoms with E-state index in [-0.39, 0.29) is 11.2 Å². The minimum absolute atomic E-state index is 0.141. The Hall–Kier alpha value is -3.92. The number of rotatable bonds is 3. The van der Waals surface area contributed by atoms with Crippen LogP contribution in [-0.4, -0.2) is 15.2 Å². The third-order valence-corrected chi connectivity index (χ3v) is 6.61. The summed E-state index contributed by atoms with van der Waals surface area (Å²) in [5.41, 5.74) is 7.56. The first-order valence-electron chi connectivity index (χ1n) is 11.9. The van der Waals surface area contributed by atoms with Crippen LogP contribution < -0.4 is 0 Å². The molecule has 0 atom stereocenters. The maximum atomic E-state index is 11.5. The van der Waals surface area contributed by atoms with Crippen LogP contribution in [-0.2, 0) is 5.41 Å². The molecule has 35 heavy (non-hydrogen) atoms. The number of aryl methyl sites for hydroxylation is 3. The fourth-order valence-electron chi connectivity index (χ4n) is 4.86. The van der Waals surface area contributed by atoms with Gasteiger partial charge in [-0.25, -0.2) is 0 Å². The molecule has 0 unspecified atom stereocenters. The van der Waals surface area contributed by atoms with Crippen molar-refractivity contribution in [2.24, 2.45) is 0 Å². The summed E-state index contributed by atoms with van der Waals surface area (Å²) in [6, 6.07) is 22.7. The van der Waals surface area contributed by atoms with Gasteiger partial charge in [0.25, 0.3) is 5.89 Å². The lowest BCUT2D eigenvalue weighted by Gasteiger charge is -2.22. The molecule has 0 radical (unpaired) electrons. The van der Waals surface area contributed by atoms with Crippen molar-refractivity contribution < 1.29 is 9.63 Å². The molecular weight excluding hydrogens is 432 g/mol. The topological polar surface area (TPSA) is 59.2 Å². The summed E-state index contributed by atoms with van der Waals surface area (Å²) in [5, 5.41) is 18.1. The molecule has 0 spiro atoms. The molecule has 1 aromatic heterocycles. The number of benzene rings is 4. The fraction of sp³-hybridized carbons (Fsp3) is 0.226. The third-order valence-electron chi connectivity index (χ3n) is 6.61. The van der Waals surface area contributed by atoms with Crippen LogP contribution in [0.4, 0.5) is 0 Å². The average molecular weight is 463 g/mol. The van der Waals surface area contributed by atoms with E-state index in [2.05, 4.69) is 83.1 Å². The van der Waals surface area contributed by atoms with Crippen LogP contribution in [0, 0.1) is 20.8 Å². The van der Waals surface area contributed by atoms with Crippen molar-refractivity contribution in [2.75, 3.05) is 0 Å². The smallest absolute Gasteiger partial charge is 0.262 e. The molecule has 0 aliphatic heterocycles. The van der Waals surface area contributed by atoms with E-state index in [9.17, 15) is 5.11 Å². The van der Waals surface area contributed by atoms with Crippen LogP contribution in [0.3, 0.4) is 0 Å². The molecule has 5 aromatic rings. The minimum atomic E-state index is -0.144. The Kier molecular flexibility index (Phi) is 5.47.